The largest absolute Gasteiger partial charge is 0.329 e. The van der Waals surface area contributed by atoms with Gasteiger partial charge in [0.25, 0.3) is 0 Å². The molecule has 3 rings (SSSR count). The Kier molecular flexibility index (Phi) is 3.81. The summed E-state index contributed by atoms with van der Waals surface area (Å²) >= 11 is 0. The van der Waals surface area contributed by atoms with E-state index in [1.807, 2.05) is 10.9 Å². The van der Waals surface area contributed by atoms with E-state index in [9.17, 15) is 0 Å². The van der Waals surface area contributed by atoms with Gasteiger partial charge in [-0.15, -0.1) is 5.10 Å². The first-order valence-electron chi connectivity index (χ1n) is 7.33. The van der Waals surface area contributed by atoms with Crippen molar-refractivity contribution in [2.45, 2.75) is 44.9 Å². The van der Waals surface area contributed by atoms with E-state index < -0.39 is 0 Å². The molecule has 0 bridgehead atoms. The zero-order valence-corrected chi connectivity index (χ0v) is 11.7. The van der Waals surface area contributed by atoms with Gasteiger partial charge in [0.2, 0.25) is 0 Å². The molecule has 2 atom stereocenters. The van der Waals surface area contributed by atoms with Gasteiger partial charge in [-0.3, -0.25) is 14.5 Å². The highest BCUT2D eigenvalue weighted by molar-refractivity contribution is 4.97. The molecule has 2 unspecified atom stereocenters. The third-order valence-electron chi connectivity index (χ3n) is 4.38. The minimum absolute atomic E-state index is 0.606. The van der Waals surface area contributed by atoms with Gasteiger partial charge < -0.3 is 5.73 Å². The van der Waals surface area contributed by atoms with Crippen LogP contribution in [-0.4, -0.2) is 63.1 Å². The van der Waals surface area contributed by atoms with Crippen LogP contribution in [0.15, 0.2) is 6.20 Å². The number of fused-ring (bicyclic) bond motifs is 1. The molecule has 0 radical (unpaired) electrons. The van der Waals surface area contributed by atoms with Crippen molar-refractivity contribution >= 4 is 0 Å². The molecule has 0 aromatic carbocycles. The number of hydrogen-bond donors (Lipinski definition) is 1. The van der Waals surface area contributed by atoms with Crippen molar-refractivity contribution in [2.24, 2.45) is 5.73 Å². The predicted molar refractivity (Wildman–Crippen MR) is 73.5 cm³/mol. The summed E-state index contributed by atoms with van der Waals surface area (Å²) in [7, 11) is 0. The van der Waals surface area contributed by atoms with Crippen LogP contribution in [-0.2, 0) is 13.1 Å². The zero-order chi connectivity index (χ0) is 13.2. The van der Waals surface area contributed by atoms with E-state index >= 15 is 0 Å². The second-order valence-electron chi connectivity index (χ2n) is 5.83. The van der Waals surface area contributed by atoms with Crippen LogP contribution in [0.2, 0.25) is 0 Å². The molecule has 1 aromatic rings. The maximum atomic E-state index is 5.53. The van der Waals surface area contributed by atoms with Gasteiger partial charge in [-0.25, -0.2) is 0 Å². The lowest BCUT2D eigenvalue weighted by molar-refractivity contribution is 0.0531. The van der Waals surface area contributed by atoms with Crippen molar-refractivity contribution in [3.63, 3.8) is 0 Å². The van der Waals surface area contributed by atoms with Crippen LogP contribution in [0.1, 0.15) is 25.5 Å². The summed E-state index contributed by atoms with van der Waals surface area (Å²) in [5.74, 6) is 0. The lowest BCUT2D eigenvalue weighted by Gasteiger charge is -2.41. The molecule has 2 saturated heterocycles. The molecule has 0 saturated carbocycles. The first-order valence-corrected chi connectivity index (χ1v) is 7.33. The fraction of sp³-hybridized carbons (Fsp3) is 0.846. The van der Waals surface area contributed by atoms with Crippen LogP contribution in [0, 0.1) is 0 Å². The van der Waals surface area contributed by atoms with E-state index in [2.05, 4.69) is 27.0 Å². The first-order chi connectivity index (χ1) is 9.26. The monoisotopic (exact) mass is 264 g/mol. The van der Waals surface area contributed by atoms with Gasteiger partial charge in [0.05, 0.1) is 12.2 Å². The van der Waals surface area contributed by atoms with Crippen LogP contribution >= 0.6 is 0 Å². The van der Waals surface area contributed by atoms with Crippen molar-refractivity contribution in [2.75, 3.05) is 26.2 Å². The Balaban J connectivity index is 1.61. The van der Waals surface area contributed by atoms with Crippen LogP contribution in [0.25, 0.3) is 0 Å². The second kappa shape index (κ2) is 5.56. The highest BCUT2D eigenvalue weighted by Crippen LogP contribution is 2.25. The molecule has 2 aliphatic rings. The van der Waals surface area contributed by atoms with Gasteiger partial charge in [0.1, 0.15) is 0 Å². The Morgan fingerprint density at radius 1 is 1.42 bits per heavy atom. The normalized spacial score (nSPS) is 28.7. The van der Waals surface area contributed by atoms with Gasteiger partial charge in [-0.05, 0) is 26.3 Å². The Morgan fingerprint density at radius 3 is 3.16 bits per heavy atom. The molecule has 0 aliphatic carbocycles. The van der Waals surface area contributed by atoms with Crippen molar-refractivity contribution in [1.29, 1.82) is 0 Å². The molecule has 2 fully saturated rings. The summed E-state index contributed by atoms with van der Waals surface area (Å²) in [5.41, 5.74) is 6.59. The number of nitrogens with two attached hydrogens (primary N) is 1. The minimum atomic E-state index is 0.606. The highest BCUT2D eigenvalue weighted by Gasteiger charge is 2.34. The number of aromatic nitrogens is 3. The number of hydrogen-bond acceptors (Lipinski definition) is 5. The van der Waals surface area contributed by atoms with E-state index in [0.29, 0.717) is 12.6 Å². The van der Waals surface area contributed by atoms with Crippen molar-refractivity contribution in [1.82, 2.24) is 24.8 Å². The van der Waals surface area contributed by atoms with Gasteiger partial charge in [-0.1, -0.05) is 5.21 Å². The standard InChI is InChI=1S/C13H24N6/c1-11-7-17-5-2-3-13(17)10-18(11)8-12-9-19(6-4-14)16-15-12/h9,11,13H,2-8,10,14H2,1H3. The first kappa shape index (κ1) is 13.0. The topological polar surface area (TPSA) is 63.2 Å². The molecule has 6 heteroatoms. The lowest BCUT2D eigenvalue weighted by Crippen LogP contribution is -2.54. The van der Waals surface area contributed by atoms with E-state index in [-0.39, 0.29) is 0 Å². The zero-order valence-electron chi connectivity index (χ0n) is 11.7. The summed E-state index contributed by atoms with van der Waals surface area (Å²) in [6, 6.07) is 1.37. The molecular formula is C13H24N6. The van der Waals surface area contributed by atoms with E-state index in [1.165, 1.54) is 32.5 Å². The summed E-state index contributed by atoms with van der Waals surface area (Å²) in [6.07, 6.45) is 4.74. The molecule has 1 aromatic heterocycles. The van der Waals surface area contributed by atoms with Gasteiger partial charge in [-0.2, -0.15) is 0 Å². The smallest absolute Gasteiger partial charge is 0.0967 e. The maximum absolute atomic E-state index is 5.53. The van der Waals surface area contributed by atoms with E-state index in [0.717, 1.165) is 24.8 Å². The van der Waals surface area contributed by atoms with Crippen LogP contribution in [0.5, 0.6) is 0 Å². The van der Waals surface area contributed by atoms with Gasteiger partial charge in [0.15, 0.2) is 0 Å². The molecule has 2 N–H and O–H groups in total. The quantitative estimate of drug-likeness (QED) is 0.823. The summed E-state index contributed by atoms with van der Waals surface area (Å²) < 4.78 is 1.84. The summed E-state index contributed by atoms with van der Waals surface area (Å²) in [6.45, 7) is 8.25. The van der Waals surface area contributed by atoms with Crippen LogP contribution in [0.3, 0.4) is 0 Å². The van der Waals surface area contributed by atoms with Crippen molar-refractivity contribution in [3.8, 4) is 0 Å². The minimum Gasteiger partial charge on any atom is -0.329 e. The summed E-state index contributed by atoms with van der Waals surface area (Å²) in [4.78, 5) is 5.19. The highest BCUT2D eigenvalue weighted by atomic mass is 15.4. The molecule has 0 spiro atoms. The Morgan fingerprint density at radius 2 is 2.32 bits per heavy atom. The summed E-state index contributed by atoms with van der Waals surface area (Å²) in [5, 5.41) is 8.36. The number of piperazine rings is 1. The predicted octanol–water partition coefficient (Wildman–Crippen LogP) is -0.0947. The van der Waals surface area contributed by atoms with Crippen LogP contribution < -0.4 is 5.73 Å². The lowest BCUT2D eigenvalue weighted by atomic mass is 10.1. The molecule has 3 heterocycles. The van der Waals surface area contributed by atoms with Crippen molar-refractivity contribution in [3.05, 3.63) is 11.9 Å². The SMILES string of the molecule is CC1CN2CCCC2CN1Cc1cn(CCN)nn1. The Bertz CT molecular complexity index is 417. The average molecular weight is 264 g/mol. The number of rotatable bonds is 4. The van der Waals surface area contributed by atoms with Gasteiger partial charge in [0, 0.05) is 44.5 Å². The average Bonchev–Trinajstić information content (AvgIpc) is 2.99. The maximum Gasteiger partial charge on any atom is 0.0967 e. The fourth-order valence-corrected chi connectivity index (χ4v) is 3.33. The van der Waals surface area contributed by atoms with Crippen molar-refractivity contribution < 1.29 is 0 Å². The third-order valence-corrected chi connectivity index (χ3v) is 4.38. The molecule has 0 amide bonds. The second-order valence-corrected chi connectivity index (χ2v) is 5.83. The fourth-order valence-electron chi connectivity index (χ4n) is 3.33. The molecule has 2 aliphatic heterocycles. The molecule has 19 heavy (non-hydrogen) atoms. The van der Waals surface area contributed by atoms with E-state index in [4.69, 9.17) is 5.73 Å². The Hall–Kier alpha value is -0.980. The molecule has 6 nitrogen and oxygen atoms in total. The Labute approximate surface area is 114 Å². The third kappa shape index (κ3) is 2.80. The molecular weight excluding hydrogens is 240 g/mol. The van der Waals surface area contributed by atoms with Gasteiger partial charge >= 0.3 is 0 Å². The molecule has 106 valence electrons. The van der Waals surface area contributed by atoms with Crippen LogP contribution in [0.4, 0.5) is 0 Å². The van der Waals surface area contributed by atoms with E-state index in [1.54, 1.807) is 0 Å². The number of nitrogens with zero attached hydrogens (tertiary/aromatic N) is 5.